The smallest absolute Gasteiger partial charge is 0.191 e. The van der Waals surface area contributed by atoms with Gasteiger partial charge in [-0.05, 0) is 62.4 Å². The van der Waals surface area contributed by atoms with Crippen LogP contribution >= 0.6 is 24.0 Å². The quantitative estimate of drug-likeness (QED) is 0.340. The monoisotopic (exact) mass is 523 g/mol. The Balaban J connectivity index is 0.00000320. The van der Waals surface area contributed by atoms with Crippen LogP contribution in [0.15, 0.2) is 41.5 Å². The van der Waals surface area contributed by atoms with Crippen molar-refractivity contribution in [2.24, 2.45) is 4.99 Å². The van der Waals surface area contributed by atoms with Crippen molar-refractivity contribution in [3.8, 4) is 5.75 Å². The number of aliphatic imine (C=N–C) groups is 1. The van der Waals surface area contributed by atoms with Gasteiger partial charge in [-0.3, -0.25) is 4.99 Å². The van der Waals surface area contributed by atoms with Gasteiger partial charge in [-0.25, -0.2) is 4.98 Å². The Morgan fingerprint density at radius 2 is 1.97 bits per heavy atom. The summed E-state index contributed by atoms with van der Waals surface area (Å²) < 4.78 is 5.62. The molecule has 0 aliphatic carbocycles. The Labute approximate surface area is 197 Å². The van der Waals surface area contributed by atoms with Gasteiger partial charge in [0, 0.05) is 38.9 Å². The number of aryl methyl sites for hydroxylation is 2. The van der Waals surface area contributed by atoms with Crippen LogP contribution in [0, 0.1) is 13.8 Å². The minimum Gasteiger partial charge on any atom is -0.494 e. The van der Waals surface area contributed by atoms with E-state index in [9.17, 15) is 0 Å². The molecule has 0 amide bonds. The largest absolute Gasteiger partial charge is 0.494 e. The number of piperidine rings is 1. The number of hydrogen-bond acceptors (Lipinski definition) is 4. The van der Waals surface area contributed by atoms with Crippen molar-refractivity contribution in [3.05, 3.63) is 53.2 Å². The summed E-state index contributed by atoms with van der Waals surface area (Å²) in [6.45, 7) is 9.59. The molecule has 1 aliphatic rings. The summed E-state index contributed by atoms with van der Waals surface area (Å²) in [4.78, 5) is 11.3. The van der Waals surface area contributed by atoms with Crippen LogP contribution in [0.25, 0.3) is 0 Å². The Kier molecular flexibility index (Phi) is 9.68. The van der Waals surface area contributed by atoms with Crippen LogP contribution in [0.3, 0.4) is 0 Å². The maximum Gasteiger partial charge on any atom is 0.191 e. The number of nitrogens with zero attached hydrogens (tertiary/aromatic N) is 3. The van der Waals surface area contributed by atoms with E-state index in [0.29, 0.717) is 12.6 Å². The van der Waals surface area contributed by atoms with E-state index in [1.54, 1.807) is 0 Å². The predicted octanol–water partition coefficient (Wildman–Crippen LogP) is 4.05. The van der Waals surface area contributed by atoms with Crippen molar-refractivity contribution in [2.45, 2.75) is 46.2 Å². The topological polar surface area (TPSA) is 61.8 Å². The zero-order valence-electron chi connectivity index (χ0n) is 18.4. The highest BCUT2D eigenvalue weighted by atomic mass is 127. The van der Waals surface area contributed by atoms with Gasteiger partial charge >= 0.3 is 0 Å². The Morgan fingerprint density at radius 1 is 1.20 bits per heavy atom. The van der Waals surface area contributed by atoms with Crippen LogP contribution in [-0.4, -0.2) is 43.7 Å². The molecule has 2 N–H and O–H groups in total. The van der Waals surface area contributed by atoms with Gasteiger partial charge in [-0.2, -0.15) is 0 Å². The first kappa shape index (κ1) is 24.2. The highest BCUT2D eigenvalue weighted by Gasteiger charge is 2.20. The summed E-state index contributed by atoms with van der Waals surface area (Å²) >= 11 is 0. The molecule has 0 atom stereocenters. The third-order valence-electron chi connectivity index (χ3n) is 5.28. The normalized spacial score (nSPS) is 14.8. The molecule has 0 spiro atoms. The fourth-order valence-electron chi connectivity index (χ4n) is 3.61. The zero-order chi connectivity index (χ0) is 20.6. The van der Waals surface area contributed by atoms with Crippen LogP contribution < -0.4 is 20.3 Å². The number of halogens is 1. The van der Waals surface area contributed by atoms with Crippen LogP contribution in [0.2, 0.25) is 0 Å². The standard InChI is InChI=1S/C23H33N5O.HI/c1-5-29-21-8-7-19(14-18(21)3)16-26-23(24-4)27-20-10-12-28(13-11-20)22-9-6-17(2)15-25-22;/h6-9,14-15,20H,5,10-13,16H2,1-4H3,(H2,24,26,27);1H. The third-order valence-corrected chi connectivity index (χ3v) is 5.28. The summed E-state index contributed by atoms with van der Waals surface area (Å²) in [6.07, 6.45) is 4.07. The van der Waals surface area contributed by atoms with Gasteiger partial charge in [-0.1, -0.05) is 18.2 Å². The minimum absolute atomic E-state index is 0. The highest BCUT2D eigenvalue weighted by molar-refractivity contribution is 14.0. The Bertz CT molecular complexity index is 817. The van der Waals surface area contributed by atoms with E-state index >= 15 is 0 Å². The second kappa shape index (κ2) is 12.0. The first-order valence-electron chi connectivity index (χ1n) is 10.5. The molecule has 6 nitrogen and oxygen atoms in total. The number of ether oxygens (including phenoxy) is 1. The Hall–Kier alpha value is -2.03. The van der Waals surface area contributed by atoms with Gasteiger partial charge in [0.25, 0.3) is 0 Å². The number of aromatic nitrogens is 1. The molecule has 3 rings (SSSR count). The van der Waals surface area contributed by atoms with Gasteiger partial charge < -0.3 is 20.3 Å². The zero-order valence-corrected chi connectivity index (χ0v) is 20.8. The summed E-state index contributed by atoms with van der Waals surface area (Å²) in [5, 5.41) is 7.00. The number of hydrogen-bond donors (Lipinski definition) is 2. The highest BCUT2D eigenvalue weighted by Crippen LogP contribution is 2.20. The Morgan fingerprint density at radius 3 is 2.57 bits per heavy atom. The molecule has 1 aliphatic heterocycles. The molecule has 7 heteroatoms. The lowest BCUT2D eigenvalue weighted by atomic mass is 10.1. The van der Waals surface area contributed by atoms with Crippen LogP contribution in [0.5, 0.6) is 5.75 Å². The lowest BCUT2D eigenvalue weighted by Crippen LogP contribution is -2.48. The molecule has 164 valence electrons. The van der Waals surface area contributed by atoms with E-state index in [1.807, 2.05) is 26.2 Å². The summed E-state index contributed by atoms with van der Waals surface area (Å²) in [5.41, 5.74) is 3.57. The average molecular weight is 523 g/mol. The molecule has 1 aromatic carbocycles. The second-order valence-corrected chi connectivity index (χ2v) is 7.56. The molecular weight excluding hydrogens is 489 g/mol. The number of nitrogens with one attached hydrogen (secondary N) is 2. The van der Waals surface area contributed by atoms with Gasteiger partial charge in [0.2, 0.25) is 0 Å². The fraction of sp³-hybridized carbons (Fsp3) is 0.478. The molecule has 0 saturated carbocycles. The third kappa shape index (κ3) is 6.75. The molecule has 0 bridgehead atoms. The van der Waals surface area contributed by atoms with Crippen molar-refractivity contribution < 1.29 is 4.74 Å². The van der Waals surface area contributed by atoms with E-state index in [-0.39, 0.29) is 24.0 Å². The maximum absolute atomic E-state index is 5.62. The van der Waals surface area contributed by atoms with Crippen molar-refractivity contribution in [1.82, 2.24) is 15.6 Å². The van der Waals surface area contributed by atoms with E-state index in [0.717, 1.165) is 55.6 Å². The van der Waals surface area contributed by atoms with Crippen LogP contribution in [0.1, 0.15) is 36.5 Å². The van der Waals surface area contributed by atoms with Crippen molar-refractivity contribution >= 4 is 35.8 Å². The molecule has 1 fully saturated rings. The van der Waals surface area contributed by atoms with Gasteiger partial charge in [0.15, 0.2) is 5.96 Å². The average Bonchev–Trinajstić information content (AvgIpc) is 2.74. The van der Waals surface area contributed by atoms with Gasteiger partial charge in [0.1, 0.15) is 11.6 Å². The first-order chi connectivity index (χ1) is 14.1. The first-order valence-corrected chi connectivity index (χ1v) is 10.5. The molecule has 2 aromatic rings. The number of rotatable bonds is 6. The SMILES string of the molecule is CCOc1ccc(CNC(=NC)NC2CCN(c3ccc(C)cn3)CC2)cc1C.I. The lowest BCUT2D eigenvalue weighted by molar-refractivity contribution is 0.338. The predicted molar refractivity (Wildman–Crippen MR) is 135 cm³/mol. The molecule has 1 aromatic heterocycles. The lowest BCUT2D eigenvalue weighted by Gasteiger charge is -2.33. The molecule has 30 heavy (non-hydrogen) atoms. The number of guanidine groups is 1. The van der Waals surface area contributed by atoms with E-state index in [1.165, 1.54) is 11.1 Å². The minimum atomic E-state index is 0. The maximum atomic E-state index is 5.62. The van der Waals surface area contributed by atoms with Crippen molar-refractivity contribution in [2.75, 3.05) is 31.6 Å². The molecule has 0 radical (unpaired) electrons. The van der Waals surface area contributed by atoms with E-state index in [4.69, 9.17) is 4.74 Å². The van der Waals surface area contributed by atoms with Crippen LogP contribution in [0.4, 0.5) is 5.82 Å². The number of benzene rings is 1. The molecule has 0 unspecified atom stereocenters. The fourth-order valence-corrected chi connectivity index (χ4v) is 3.61. The molecular formula is C23H34IN5O. The van der Waals surface area contributed by atoms with Crippen molar-refractivity contribution in [3.63, 3.8) is 0 Å². The van der Waals surface area contributed by atoms with Crippen molar-refractivity contribution in [1.29, 1.82) is 0 Å². The van der Waals surface area contributed by atoms with Gasteiger partial charge in [-0.15, -0.1) is 24.0 Å². The summed E-state index contributed by atoms with van der Waals surface area (Å²) in [5.74, 6) is 2.87. The molecule has 1 saturated heterocycles. The summed E-state index contributed by atoms with van der Waals surface area (Å²) in [6, 6.07) is 11.0. The van der Waals surface area contributed by atoms with Gasteiger partial charge in [0.05, 0.1) is 6.61 Å². The van der Waals surface area contributed by atoms with E-state index < -0.39 is 0 Å². The van der Waals surface area contributed by atoms with E-state index in [2.05, 4.69) is 63.6 Å². The number of pyridine rings is 1. The molecule has 2 heterocycles. The van der Waals surface area contributed by atoms with Crippen LogP contribution in [-0.2, 0) is 6.54 Å². The second-order valence-electron chi connectivity index (χ2n) is 7.56. The summed E-state index contributed by atoms with van der Waals surface area (Å²) in [7, 11) is 1.82. The number of anilines is 1.